The highest BCUT2D eigenvalue weighted by Crippen LogP contribution is 2.33. The van der Waals surface area contributed by atoms with Crippen LogP contribution in [0.4, 0.5) is 5.82 Å². The standard InChI is InChI=1S/C11H10BrCl2N3O2S/c1-6-3-10(17(2)15-6)16-20(18,19)11-8(13)4-7(12)5-9(11)14/h3-5,16H,1-2H3. The lowest BCUT2D eigenvalue weighted by Gasteiger charge is -2.11. The van der Waals surface area contributed by atoms with Crippen molar-refractivity contribution in [2.75, 3.05) is 4.72 Å². The van der Waals surface area contributed by atoms with E-state index < -0.39 is 10.0 Å². The van der Waals surface area contributed by atoms with Gasteiger partial charge in [0.05, 0.1) is 15.7 Å². The predicted octanol–water partition coefficient (Wildman–Crippen LogP) is 3.60. The Kier molecular flexibility index (Phi) is 4.34. The highest BCUT2D eigenvalue weighted by molar-refractivity contribution is 9.10. The maximum Gasteiger partial charge on any atom is 0.266 e. The Morgan fingerprint density at radius 1 is 1.25 bits per heavy atom. The number of aromatic nitrogens is 2. The molecule has 5 nitrogen and oxygen atoms in total. The van der Waals surface area contributed by atoms with Crippen molar-refractivity contribution in [1.29, 1.82) is 0 Å². The number of hydrogen-bond acceptors (Lipinski definition) is 3. The molecule has 0 saturated heterocycles. The summed E-state index contributed by atoms with van der Waals surface area (Å²) in [5.74, 6) is 0.331. The highest BCUT2D eigenvalue weighted by Gasteiger charge is 2.23. The third kappa shape index (κ3) is 3.11. The Hall–Kier alpha value is -0.760. The van der Waals surface area contributed by atoms with E-state index in [1.54, 1.807) is 20.0 Å². The van der Waals surface area contributed by atoms with Crippen LogP contribution in [0.5, 0.6) is 0 Å². The van der Waals surface area contributed by atoms with Gasteiger partial charge in [-0.25, -0.2) is 8.42 Å². The van der Waals surface area contributed by atoms with Crippen LogP contribution < -0.4 is 4.72 Å². The van der Waals surface area contributed by atoms with Crippen LogP contribution in [-0.2, 0) is 17.1 Å². The fraction of sp³-hybridized carbons (Fsp3) is 0.182. The molecule has 0 aliphatic carbocycles. The monoisotopic (exact) mass is 397 g/mol. The second-order valence-corrected chi connectivity index (χ2v) is 7.45. The smallest absolute Gasteiger partial charge is 0.263 e. The van der Waals surface area contributed by atoms with Gasteiger partial charge in [-0.05, 0) is 19.1 Å². The minimum atomic E-state index is -3.90. The first kappa shape index (κ1) is 15.6. The summed E-state index contributed by atoms with van der Waals surface area (Å²) in [6, 6.07) is 4.55. The van der Waals surface area contributed by atoms with Crippen molar-refractivity contribution < 1.29 is 8.42 Å². The number of hydrogen-bond donors (Lipinski definition) is 1. The number of halogens is 3. The molecule has 0 bridgehead atoms. The third-order valence-corrected chi connectivity index (χ3v) is 5.21. The summed E-state index contributed by atoms with van der Waals surface area (Å²) in [5, 5.41) is 4.14. The number of nitrogens with one attached hydrogen (secondary N) is 1. The minimum Gasteiger partial charge on any atom is -0.263 e. The average Bonchev–Trinajstić information content (AvgIpc) is 2.53. The Labute approximate surface area is 135 Å². The molecule has 0 radical (unpaired) electrons. The molecule has 0 aliphatic heterocycles. The molecule has 20 heavy (non-hydrogen) atoms. The maximum absolute atomic E-state index is 12.4. The van der Waals surface area contributed by atoms with E-state index in [1.165, 1.54) is 16.8 Å². The molecule has 2 rings (SSSR count). The fourth-order valence-corrected chi connectivity index (χ4v) is 4.70. The van der Waals surface area contributed by atoms with Crippen LogP contribution in [0.15, 0.2) is 27.6 Å². The average molecular weight is 399 g/mol. The summed E-state index contributed by atoms with van der Waals surface area (Å²) in [4.78, 5) is -0.164. The molecule has 0 atom stereocenters. The highest BCUT2D eigenvalue weighted by atomic mass is 79.9. The van der Waals surface area contributed by atoms with Crippen LogP contribution in [0, 0.1) is 6.92 Å². The maximum atomic E-state index is 12.4. The van der Waals surface area contributed by atoms with Crippen LogP contribution in [0.1, 0.15) is 5.69 Å². The summed E-state index contributed by atoms with van der Waals surface area (Å²) >= 11 is 15.1. The first-order chi connectivity index (χ1) is 9.20. The number of anilines is 1. The first-order valence-electron chi connectivity index (χ1n) is 5.39. The van der Waals surface area contributed by atoms with Crippen molar-refractivity contribution in [3.05, 3.63) is 38.4 Å². The van der Waals surface area contributed by atoms with Crippen molar-refractivity contribution in [3.63, 3.8) is 0 Å². The van der Waals surface area contributed by atoms with Crippen molar-refractivity contribution in [3.8, 4) is 0 Å². The van der Waals surface area contributed by atoms with Gasteiger partial charge < -0.3 is 0 Å². The van der Waals surface area contributed by atoms with Gasteiger partial charge in [0.25, 0.3) is 10.0 Å². The molecule has 0 aliphatic rings. The molecular formula is C11H10BrCl2N3O2S. The quantitative estimate of drug-likeness (QED) is 0.858. The largest absolute Gasteiger partial charge is 0.266 e. The van der Waals surface area contributed by atoms with Gasteiger partial charge in [-0.1, -0.05) is 39.1 Å². The van der Waals surface area contributed by atoms with Gasteiger partial charge in [-0.15, -0.1) is 0 Å². The van der Waals surface area contributed by atoms with E-state index in [2.05, 4.69) is 25.8 Å². The van der Waals surface area contributed by atoms with E-state index in [0.29, 0.717) is 16.0 Å². The summed E-state index contributed by atoms with van der Waals surface area (Å²) in [5.41, 5.74) is 0.693. The molecule has 0 spiro atoms. The molecule has 0 fully saturated rings. The van der Waals surface area contributed by atoms with Crippen LogP contribution in [0.25, 0.3) is 0 Å². The van der Waals surface area contributed by atoms with E-state index in [0.717, 1.165) is 0 Å². The minimum absolute atomic E-state index is 0.0377. The first-order valence-corrected chi connectivity index (χ1v) is 8.42. The second-order valence-electron chi connectivity index (χ2n) is 4.10. The van der Waals surface area contributed by atoms with Crippen LogP contribution >= 0.6 is 39.1 Å². The zero-order valence-corrected chi connectivity index (χ0v) is 14.4. The van der Waals surface area contributed by atoms with Crippen LogP contribution in [0.2, 0.25) is 10.0 Å². The summed E-state index contributed by atoms with van der Waals surface area (Å²) < 4.78 is 29.2. The lowest BCUT2D eigenvalue weighted by Crippen LogP contribution is -2.16. The van der Waals surface area contributed by atoms with Crippen LogP contribution in [-0.4, -0.2) is 18.2 Å². The van der Waals surface area contributed by atoms with Crippen LogP contribution in [0.3, 0.4) is 0 Å². The van der Waals surface area contributed by atoms with E-state index >= 15 is 0 Å². The fourth-order valence-electron chi connectivity index (χ4n) is 1.68. The molecule has 0 amide bonds. The van der Waals surface area contributed by atoms with Gasteiger partial charge in [0.2, 0.25) is 0 Å². The SMILES string of the molecule is Cc1cc(NS(=O)(=O)c2c(Cl)cc(Br)cc2Cl)n(C)n1. The third-order valence-electron chi connectivity index (χ3n) is 2.47. The molecular weight excluding hydrogens is 389 g/mol. The molecule has 1 aromatic carbocycles. The second kappa shape index (κ2) is 5.55. The Morgan fingerprint density at radius 3 is 2.25 bits per heavy atom. The summed E-state index contributed by atoms with van der Waals surface area (Å²) in [7, 11) is -2.26. The van der Waals surface area contributed by atoms with Crippen molar-refractivity contribution in [1.82, 2.24) is 9.78 Å². The van der Waals surface area contributed by atoms with Gasteiger partial charge in [0.15, 0.2) is 0 Å². The van der Waals surface area contributed by atoms with E-state index in [9.17, 15) is 8.42 Å². The van der Waals surface area contributed by atoms with Gasteiger partial charge in [-0.3, -0.25) is 9.40 Å². The molecule has 1 aromatic heterocycles. The molecule has 1 N–H and O–H groups in total. The van der Waals surface area contributed by atoms with Crippen molar-refractivity contribution in [2.45, 2.75) is 11.8 Å². The lowest BCUT2D eigenvalue weighted by molar-refractivity contribution is 0.600. The van der Waals surface area contributed by atoms with Gasteiger partial charge >= 0.3 is 0 Å². The number of rotatable bonds is 3. The van der Waals surface area contributed by atoms with E-state index in [1.807, 2.05) is 0 Å². The number of benzene rings is 1. The predicted molar refractivity (Wildman–Crippen MR) is 82.9 cm³/mol. The molecule has 0 saturated carbocycles. The Balaban J connectivity index is 2.49. The van der Waals surface area contributed by atoms with E-state index in [-0.39, 0.29) is 14.9 Å². The molecule has 2 aromatic rings. The number of sulfonamides is 1. The van der Waals surface area contributed by atoms with Gasteiger partial charge in [0, 0.05) is 17.6 Å². The van der Waals surface area contributed by atoms with Crippen molar-refractivity contribution >= 4 is 55.0 Å². The number of nitrogens with zero attached hydrogens (tertiary/aromatic N) is 2. The topological polar surface area (TPSA) is 64.0 Å². The summed E-state index contributed by atoms with van der Waals surface area (Å²) in [6.07, 6.45) is 0. The number of aryl methyl sites for hydroxylation is 2. The Bertz CT molecular complexity index is 751. The van der Waals surface area contributed by atoms with Gasteiger partial charge in [-0.2, -0.15) is 5.10 Å². The molecule has 108 valence electrons. The Morgan fingerprint density at radius 2 is 1.80 bits per heavy atom. The molecule has 0 unspecified atom stereocenters. The van der Waals surface area contributed by atoms with Gasteiger partial charge in [0.1, 0.15) is 10.7 Å². The van der Waals surface area contributed by atoms with E-state index in [4.69, 9.17) is 23.2 Å². The lowest BCUT2D eigenvalue weighted by atomic mass is 10.4. The molecule has 1 heterocycles. The van der Waals surface area contributed by atoms with Crippen molar-refractivity contribution in [2.24, 2.45) is 7.05 Å². The zero-order chi connectivity index (χ0) is 15.1. The zero-order valence-electron chi connectivity index (χ0n) is 10.5. The summed E-state index contributed by atoms with van der Waals surface area (Å²) in [6.45, 7) is 1.76. The molecule has 9 heteroatoms. The normalized spacial score (nSPS) is 11.7.